The summed E-state index contributed by atoms with van der Waals surface area (Å²) in [4.78, 5) is 12.0. The van der Waals surface area contributed by atoms with E-state index < -0.39 is 0 Å². The smallest absolute Gasteiger partial charge is 0.140 e. The van der Waals surface area contributed by atoms with Crippen molar-refractivity contribution in [2.75, 3.05) is 0 Å². The van der Waals surface area contributed by atoms with Gasteiger partial charge in [0.15, 0.2) is 0 Å². The van der Waals surface area contributed by atoms with Gasteiger partial charge in [0.25, 0.3) is 0 Å². The van der Waals surface area contributed by atoms with E-state index in [2.05, 4.69) is 12.1 Å². The van der Waals surface area contributed by atoms with Crippen LogP contribution in [-0.4, -0.2) is 5.78 Å². The fraction of sp³-hybridized carbons (Fsp3) is 0.235. The van der Waals surface area contributed by atoms with Crippen LogP contribution in [0.5, 0.6) is 0 Å². The van der Waals surface area contributed by atoms with E-state index in [-0.39, 0.29) is 5.92 Å². The van der Waals surface area contributed by atoms with Gasteiger partial charge in [0, 0.05) is 28.7 Å². The minimum atomic E-state index is 0.0317. The lowest BCUT2D eigenvalue weighted by Gasteiger charge is -2.08. The largest absolute Gasteiger partial charge is 0.456 e. The van der Waals surface area contributed by atoms with Gasteiger partial charge >= 0.3 is 0 Å². The molecule has 0 spiro atoms. The van der Waals surface area contributed by atoms with Crippen molar-refractivity contribution in [1.29, 1.82) is 0 Å². The summed E-state index contributed by atoms with van der Waals surface area (Å²) in [5, 5.41) is 2.25. The second kappa shape index (κ2) is 3.95. The van der Waals surface area contributed by atoms with Crippen LogP contribution in [0.2, 0.25) is 0 Å². The van der Waals surface area contributed by atoms with E-state index in [1.54, 1.807) is 0 Å². The molecule has 4 rings (SSSR count). The lowest BCUT2D eigenvalue weighted by atomic mass is 9.95. The normalized spacial score (nSPS) is 19.6. The number of rotatable bonds is 1. The van der Waals surface area contributed by atoms with Gasteiger partial charge in [-0.15, -0.1) is 0 Å². The van der Waals surface area contributed by atoms with Gasteiger partial charge in [-0.2, -0.15) is 0 Å². The molecule has 0 aliphatic heterocycles. The number of Topliss-reactive ketones (excluding diaryl/α,β-unsaturated/α-hetero) is 1. The van der Waals surface area contributed by atoms with E-state index >= 15 is 0 Å². The van der Waals surface area contributed by atoms with Gasteiger partial charge in [-0.1, -0.05) is 36.4 Å². The monoisotopic (exact) mass is 250 g/mol. The lowest BCUT2D eigenvalue weighted by molar-refractivity contribution is -0.118. The molecule has 0 N–H and O–H groups in total. The molecule has 1 atom stereocenters. The van der Waals surface area contributed by atoms with E-state index in [1.165, 1.54) is 0 Å². The average molecular weight is 250 g/mol. The van der Waals surface area contributed by atoms with Gasteiger partial charge in [-0.3, -0.25) is 4.79 Å². The highest BCUT2D eigenvalue weighted by molar-refractivity contribution is 6.07. The zero-order valence-electron chi connectivity index (χ0n) is 10.6. The summed E-state index contributed by atoms with van der Waals surface area (Å²) in [6.45, 7) is 0. The number of carbonyl (C=O) groups excluding carboxylic acids is 1. The van der Waals surface area contributed by atoms with Crippen LogP contribution in [0.1, 0.15) is 30.7 Å². The number of hydrogen-bond acceptors (Lipinski definition) is 2. The predicted molar refractivity (Wildman–Crippen MR) is 75.3 cm³/mol. The summed E-state index contributed by atoms with van der Waals surface area (Å²) in [5.74, 6) is 0.386. The van der Waals surface area contributed by atoms with Crippen molar-refractivity contribution >= 4 is 27.7 Å². The molecule has 0 saturated heterocycles. The van der Waals surface area contributed by atoms with Crippen molar-refractivity contribution in [2.24, 2.45) is 0 Å². The number of furan rings is 1. The number of hydrogen-bond donors (Lipinski definition) is 0. The average Bonchev–Trinajstić information content (AvgIpc) is 3.02. The zero-order chi connectivity index (χ0) is 12.8. The van der Waals surface area contributed by atoms with Crippen LogP contribution in [0.4, 0.5) is 0 Å². The fourth-order valence-corrected chi connectivity index (χ4v) is 3.19. The van der Waals surface area contributed by atoms with Gasteiger partial charge in [0.05, 0.1) is 0 Å². The maximum absolute atomic E-state index is 12.0. The molecular weight excluding hydrogens is 236 g/mol. The Morgan fingerprint density at radius 3 is 2.68 bits per heavy atom. The topological polar surface area (TPSA) is 30.2 Å². The third-order valence-corrected chi connectivity index (χ3v) is 4.11. The highest BCUT2D eigenvalue weighted by Gasteiger charge is 2.28. The molecule has 0 bridgehead atoms. The molecule has 0 radical (unpaired) electrons. The van der Waals surface area contributed by atoms with Crippen LogP contribution >= 0.6 is 0 Å². The van der Waals surface area contributed by atoms with E-state index in [1.807, 2.05) is 30.3 Å². The summed E-state index contributed by atoms with van der Waals surface area (Å²) >= 11 is 0. The first-order chi connectivity index (χ1) is 9.34. The lowest BCUT2D eigenvalue weighted by Crippen LogP contribution is -2.04. The molecule has 1 unspecified atom stereocenters. The Balaban J connectivity index is 2.03. The van der Waals surface area contributed by atoms with Gasteiger partial charge in [0.2, 0.25) is 0 Å². The molecule has 1 aliphatic carbocycles. The van der Waals surface area contributed by atoms with Gasteiger partial charge in [0.1, 0.15) is 16.9 Å². The second-order valence-electron chi connectivity index (χ2n) is 5.23. The molecule has 2 aromatic carbocycles. The summed E-state index contributed by atoms with van der Waals surface area (Å²) < 4.78 is 5.99. The molecular formula is C17H14O2. The highest BCUT2D eigenvalue weighted by Crippen LogP contribution is 2.38. The number of benzene rings is 2. The molecule has 0 amide bonds. The molecule has 1 saturated carbocycles. The van der Waals surface area contributed by atoms with Crippen LogP contribution in [-0.2, 0) is 4.79 Å². The molecule has 2 nitrogen and oxygen atoms in total. The Bertz CT molecular complexity index is 782. The summed E-state index contributed by atoms with van der Waals surface area (Å²) in [6.07, 6.45) is 2.66. The summed E-state index contributed by atoms with van der Waals surface area (Å²) in [5.41, 5.74) is 2.86. The van der Waals surface area contributed by atoms with Crippen molar-refractivity contribution in [2.45, 2.75) is 25.2 Å². The van der Waals surface area contributed by atoms with Crippen molar-refractivity contribution in [3.05, 3.63) is 48.0 Å². The Morgan fingerprint density at radius 1 is 1.00 bits per heavy atom. The van der Waals surface area contributed by atoms with Crippen LogP contribution in [0.25, 0.3) is 21.9 Å². The van der Waals surface area contributed by atoms with Crippen molar-refractivity contribution in [1.82, 2.24) is 0 Å². The van der Waals surface area contributed by atoms with Crippen molar-refractivity contribution in [3.63, 3.8) is 0 Å². The number of fused-ring (bicyclic) bond motifs is 3. The summed E-state index contributed by atoms with van der Waals surface area (Å²) in [7, 11) is 0. The molecule has 1 aliphatic rings. The SMILES string of the molecule is O=C1CCCC1c1cccc2c1oc1ccccc12. The third-order valence-electron chi connectivity index (χ3n) is 4.11. The minimum absolute atomic E-state index is 0.0317. The first-order valence-corrected chi connectivity index (χ1v) is 6.77. The first-order valence-electron chi connectivity index (χ1n) is 6.77. The van der Waals surface area contributed by atoms with E-state index in [4.69, 9.17) is 4.42 Å². The van der Waals surface area contributed by atoms with Crippen molar-refractivity contribution in [3.8, 4) is 0 Å². The molecule has 2 heteroatoms. The number of ketones is 1. The number of para-hydroxylation sites is 2. The first kappa shape index (κ1) is 10.8. The minimum Gasteiger partial charge on any atom is -0.456 e. The third kappa shape index (κ3) is 1.53. The fourth-order valence-electron chi connectivity index (χ4n) is 3.19. The quantitative estimate of drug-likeness (QED) is 0.639. The standard InChI is InChI=1S/C17H14O2/c18-15-9-4-6-11(15)13-7-3-8-14-12-5-1-2-10-16(12)19-17(13)14/h1-3,5,7-8,10-11H,4,6,9H2. The van der Waals surface area contributed by atoms with Crippen LogP contribution < -0.4 is 0 Å². The van der Waals surface area contributed by atoms with E-state index in [0.29, 0.717) is 12.2 Å². The Kier molecular flexibility index (Phi) is 2.25. The molecule has 1 heterocycles. The molecule has 19 heavy (non-hydrogen) atoms. The van der Waals surface area contributed by atoms with Crippen LogP contribution in [0.15, 0.2) is 46.9 Å². The Morgan fingerprint density at radius 2 is 1.84 bits per heavy atom. The van der Waals surface area contributed by atoms with E-state index in [9.17, 15) is 4.79 Å². The van der Waals surface area contributed by atoms with Crippen LogP contribution in [0, 0.1) is 0 Å². The molecule has 94 valence electrons. The Labute approximate surface area is 111 Å². The van der Waals surface area contributed by atoms with Gasteiger partial charge < -0.3 is 4.42 Å². The second-order valence-corrected chi connectivity index (χ2v) is 5.23. The van der Waals surface area contributed by atoms with E-state index in [0.717, 1.165) is 40.3 Å². The maximum Gasteiger partial charge on any atom is 0.140 e. The Hall–Kier alpha value is -2.09. The zero-order valence-corrected chi connectivity index (χ0v) is 10.6. The molecule has 3 aromatic rings. The summed E-state index contributed by atoms with van der Waals surface area (Å²) in [6, 6.07) is 14.2. The molecule has 1 fully saturated rings. The highest BCUT2D eigenvalue weighted by atomic mass is 16.3. The van der Waals surface area contributed by atoms with Gasteiger partial charge in [-0.25, -0.2) is 0 Å². The van der Waals surface area contributed by atoms with Crippen molar-refractivity contribution < 1.29 is 9.21 Å². The van der Waals surface area contributed by atoms with Gasteiger partial charge in [-0.05, 0) is 18.9 Å². The predicted octanol–water partition coefficient (Wildman–Crippen LogP) is 4.42. The van der Waals surface area contributed by atoms with Crippen LogP contribution in [0.3, 0.4) is 0 Å². The number of carbonyl (C=O) groups is 1. The molecule has 1 aromatic heterocycles. The maximum atomic E-state index is 12.0.